The van der Waals surface area contributed by atoms with Crippen molar-refractivity contribution in [2.45, 2.75) is 18.7 Å². The number of halogens is 1. The van der Waals surface area contributed by atoms with Crippen LogP contribution in [0.1, 0.15) is 13.3 Å². The van der Waals surface area contributed by atoms with Gasteiger partial charge in [0.15, 0.2) is 0 Å². The monoisotopic (exact) mass is 268 g/mol. The molecule has 0 saturated carbocycles. The lowest BCUT2D eigenvalue weighted by molar-refractivity contribution is -0.132. The number of hydrogen-bond acceptors (Lipinski definition) is 3. The van der Waals surface area contributed by atoms with Gasteiger partial charge in [-0.15, -0.1) is 11.6 Å². The van der Waals surface area contributed by atoms with E-state index in [4.69, 9.17) is 11.6 Å². The molecule has 0 aromatic heterocycles. The Morgan fingerprint density at radius 1 is 1.31 bits per heavy atom. The number of amides is 1. The summed E-state index contributed by atoms with van der Waals surface area (Å²) in [6, 6.07) is 0. The van der Waals surface area contributed by atoms with Crippen LogP contribution in [-0.4, -0.2) is 61.3 Å². The maximum absolute atomic E-state index is 11.7. The molecule has 94 valence electrons. The Labute approximate surface area is 101 Å². The summed E-state index contributed by atoms with van der Waals surface area (Å²) < 4.78 is 23.9. The van der Waals surface area contributed by atoms with E-state index in [1.807, 2.05) is 6.92 Å². The molecule has 0 unspecified atom stereocenters. The minimum atomic E-state index is -3.14. The second-order valence-corrected chi connectivity index (χ2v) is 6.37. The van der Waals surface area contributed by atoms with Gasteiger partial charge in [-0.05, 0) is 6.42 Å². The third kappa shape index (κ3) is 3.33. The molecule has 0 bridgehead atoms. The molecule has 0 radical (unpaired) electrons. The van der Waals surface area contributed by atoms with Crippen LogP contribution in [-0.2, 0) is 14.8 Å². The van der Waals surface area contributed by atoms with Gasteiger partial charge in [-0.2, -0.15) is 4.31 Å². The van der Waals surface area contributed by atoms with Crippen LogP contribution < -0.4 is 0 Å². The summed E-state index contributed by atoms with van der Waals surface area (Å²) in [5.74, 6) is -0.0997. The van der Waals surface area contributed by atoms with Crippen molar-refractivity contribution in [3.8, 4) is 0 Å². The van der Waals surface area contributed by atoms with Gasteiger partial charge in [0.05, 0.1) is 6.26 Å². The number of alkyl halides is 1. The highest BCUT2D eigenvalue weighted by Crippen LogP contribution is 2.11. The number of hydrogen-bond donors (Lipinski definition) is 0. The van der Waals surface area contributed by atoms with Gasteiger partial charge in [0.25, 0.3) is 0 Å². The Bertz CT molecular complexity index is 350. The van der Waals surface area contributed by atoms with Crippen molar-refractivity contribution >= 4 is 27.5 Å². The molecule has 0 N–H and O–H groups in total. The molecule has 1 saturated heterocycles. The lowest BCUT2D eigenvalue weighted by Crippen LogP contribution is -2.51. The van der Waals surface area contributed by atoms with Crippen LogP contribution in [0.4, 0.5) is 0 Å². The molecule has 1 fully saturated rings. The van der Waals surface area contributed by atoms with Gasteiger partial charge < -0.3 is 4.90 Å². The highest BCUT2D eigenvalue weighted by Gasteiger charge is 2.28. The Balaban J connectivity index is 2.53. The molecule has 1 rings (SSSR count). The first-order chi connectivity index (χ1) is 7.36. The molecule has 1 amide bonds. The number of piperazine rings is 1. The molecule has 1 atom stereocenters. The summed E-state index contributed by atoms with van der Waals surface area (Å²) in [4.78, 5) is 13.3. The van der Waals surface area contributed by atoms with E-state index in [2.05, 4.69) is 0 Å². The highest BCUT2D eigenvalue weighted by molar-refractivity contribution is 7.88. The molecule has 1 aliphatic rings. The summed E-state index contributed by atoms with van der Waals surface area (Å²) in [6.45, 7) is 3.42. The molecule has 0 aromatic rings. The third-order valence-corrected chi connectivity index (χ3v) is 4.44. The van der Waals surface area contributed by atoms with E-state index in [1.54, 1.807) is 4.90 Å². The molecule has 5 nitrogen and oxygen atoms in total. The lowest BCUT2D eigenvalue weighted by atomic mass is 10.2. The van der Waals surface area contributed by atoms with Crippen LogP contribution in [0.3, 0.4) is 0 Å². The van der Waals surface area contributed by atoms with Crippen LogP contribution in [0.15, 0.2) is 0 Å². The van der Waals surface area contributed by atoms with Gasteiger partial charge in [-0.25, -0.2) is 8.42 Å². The van der Waals surface area contributed by atoms with Crippen molar-refractivity contribution in [3.63, 3.8) is 0 Å². The highest BCUT2D eigenvalue weighted by atomic mass is 35.5. The van der Waals surface area contributed by atoms with Crippen molar-refractivity contribution < 1.29 is 13.2 Å². The molecule has 0 spiro atoms. The Hall–Kier alpha value is -0.330. The van der Waals surface area contributed by atoms with Crippen LogP contribution in [0.5, 0.6) is 0 Å². The smallest absolute Gasteiger partial charge is 0.240 e. The van der Waals surface area contributed by atoms with Crippen molar-refractivity contribution in [2.24, 2.45) is 0 Å². The minimum absolute atomic E-state index is 0.0997. The average molecular weight is 269 g/mol. The second kappa shape index (κ2) is 5.33. The maximum atomic E-state index is 11.7. The number of rotatable bonds is 3. The Morgan fingerprint density at radius 3 is 2.19 bits per heavy atom. The van der Waals surface area contributed by atoms with Crippen molar-refractivity contribution in [2.75, 3.05) is 32.4 Å². The van der Waals surface area contributed by atoms with E-state index in [0.717, 1.165) is 0 Å². The fourth-order valence-electron chi connectivity index (χ4n) is 1.61. The van der Waals surface area contributed by atoms with Crippen LogP contribution in [0, 0.1) is 0 Å². The van der Waals surface area contributed by atoms with Gasteiger partial charge in [0, 0.05) is 26.2 Å². The molecule has 0 aliphatic carbocycles. The van der Waals surface area contributed by atoms with Crippen LogP contribution >= 0.6 is 11.6 Å². The van der Waals surface area contributed by atoms with E-state index in [0.29, 0.717) is 32.6 Å². The standard InChI is InChI=1S/C9H17ClN2O3S/c1-3-8(10)9(13)11-4-6-12(7-5-11)16(2,14)15/h8H,3-7H2,1-2H3/t8-/m0/s1. The van der Waals surface area contributed by atoms with Gasteiger partial charge in [0.2, 0.25) is 15.9 Å². The average Bonchev–Trinajstić information content (AvgIpc) is 2.26. The van der Waals surface area contributed by atoms with E-state index in [1.165, 1.54) is 10.6 Å². The van der Waals surface area contributed by atoms with E-state index >= 15 is 0 Å². The zero-order valence-electron chi connectivity index (χ0n) is 9.52. The predicted octanol–water partition coefficient (Wildman–Crippen LogP) is 0.108. The van der Waals surface area contributed by atoms with Crippen molar-refractivity contribution in [1.82, 2.24) is 9.21 Å². The third-order valence-electron chi connectivity index (χ3n) is 2.65. The lowest BCUT2D eigenvalue weighted by Gasteiger charge is -2.34. The quantitative estimate of drug-likeness (QED) is 0.683. The second-order valence-electron chi connectivity index (χ2n) is 3.86. The molecular weight excluding hydrogens is 252 g/mol. The summed E-state index contributed by atoms with van der Waals surface area (Å²) in [5, 5.41) is -0.496. The van der Waals surface area contributed by atoms with Crippen molar-refractivity contribution in [3.05, 3.63) is 0 Å². The number of carbonyl (C=O) groups is 1. The maximum Gasteiger partial charge on any atom is 0.240 e. The summed E-state index contributed by atoms with van der Waals surface area (Å²) in [7, 11) is -3.14. The van der Waals surface area contributed by atoms with Gasteiger partial charge in [-0.1, -0.05) is 6.92 Å². The summed E-state index contributed by atoms with van der Waals surface area (Å²) in [5.41, 5.74) is 0. The first-order valence-electron chi connectivity index (χ1n) is 5.24. The van der Waals surface area contributed by atoms with Gasteiger partial charge in [-0.3, -0.25) is 4.79 Å². The van der Waals surface area contributed by atoms with Crippen LogP contribution in [0.2, 0.25) is 0 Å². The SMILES string of the molecule is CC[C@H](Cl)C(=O)N1CCN(S(C)(=O)=O)CC1. The van der Waals surface area contributed by atoms with E-state index < -0.39 is 15.4 Å². The molecular formula is C9H17ClN2O3S. The normalized spacial score (nSPS) is 20.8. The van der Waals surface area contributed by atoms with E-state index in [-0.39, 0.29) is 5.91 Å². The topological polar surface area (TPSA) is 57.7 Å². The predicted molar refractivity (Wildman–Crippen MR) is 62.9 cm³/mol. The number of carbonyl (C=O) groups excluding carboxylic acids is 1. The largest absolute Gasteiger partial charge is 0.339 e. The fourth-order valence-corrected chi connectivity index (χ4v) is 2.58. The Morgan fingerprint density at radius 2 is 1.81 bits per heavy atom. The molecule has 1 heterocycles. The van der Waals surface area contributed by atoms with E-state index in [9.17, 15) is 13.2 Å². The molecule has 1 aliphatic heterocycles. The molecule has 7 heteroatoms. The minimum Gasteiger partial charge on any atom is -0.339 e. The van der Waals surface area contributed by atoms with Gasteiger partial charge in [0.1, 0.15) is 5.38 Å². The fraction of sp³-hybridized carbons (Fsp3) is 0.889. The number of sulfonamides is 1. The summed E-state index contributed by atoms with van der Waals surface area (Å²) in [6.07, 6.45) is 1.77. The number of nitrogens with zero attached hydrogens (tertiary/aromatic N) is 2. The molecule has 16 heavy (non-hydrogen) atoms. The first-order valence-corrected chi connectivity index (χ1v) is 7.52. The van der Waals surface area contributed by atoms with Crippen LogP contribution in [0.25, 0.3) is 0 Å². The summed E-state index contributed by atoms with van der Waals surface area (Å²) >= 11 is 5.85. The zero-order valence-corrected chi connectivity index (χ0v) is 11.1. The Kier molecular flexibility index (Phi) is 4.58. The van der Waals surface area contributed by atoms with Gasteiger partial charge >= 0.3 is 0 Å². The molecule has 0 aromatic carbocycles. The van der Waals surface area contributed by atoms with Crippen molar-refractivity contribution in [1.29, 1.82) is 0 Å². The first kappa shape index (κ1) is 13.7. The zero-order chi connectivity index (χ0) is 12.3.